The average Bonchev–Trinajstić information content (AvgIpc) is 3.22. The Hall–Kier alpha value is -3.42. The van der Waals surface area contributed by atoms with E-state index in [1.165, 1.54) is 19.3 Å². The number of hydrogen-bond acceptors (Lipinski definition) is 4. The third-order valence-electron chi connectivity index (χ3n) is 5.54. The number of hydrogen-bond donors (Lipinski definition) is 3. The van der Waals surface area contributed by atoms with Crippen LogP contribution in [0.3, 0.4) is 0 Å². The predicted octanol–water partition coefficient (Wildman–Crippen LogP) is 3.77. The number of aromatic nitrogens is 3. The first-order chi connectivity index (χ1) is 15.2. The number of imidazole rings is 1. The SMILES string of the molecule is O=C(CCCNC(=O)NC1CCCCC1)Nc1ccc(-n2cnc3ccccc32)nc1. The number of nitrogens with zero attached hydrogens (tertiary/aromatic N) is 3. The molecular weight excluding hydrogens is 392 g/mol. The highest BCUT2D eigenvalue weighted by Crippen LogP contribution is 2.18. The maximum Gasteiger partial charge on any atom is 0.315 e. The molecule has 3 amide bonds. The average molecular weight is 421 g/mol. The molecule has 8 heteroatoms. The molecule has 8 nitrogen and oxygen atoms in total. The standard InChI is InChI=1S/C23H28N6O2/c30-22(11-6-14-24-23(31)28-17-7-2-1-3-8-17)27-18-12-13-21(25-15-18)29-16-26-19-9-4-5-10-20(19)29/h4-5,9-10,12-13,15-17H,1-3,6-8,11,14H2,(H,27,30)(H2,24,28,31). The minimum atomic E-state index is -0.140. The van der Waals surface area contributed by atoms with Crippen molar-refractivity contribution in [1.82, 2.24) is 25.2 Å². The topological polar surface area (TPSA) is 101 Å². The largest absolute Gasteiger partial charge is 0.338 e. The van der Waals surface area contributed by atoms with Crippen molar-refractivity contribution in [3.63, 3.8) is 0 Å². The molecule has 0 saturated heterocycles. The minimum absolute atomic E-state index is 0.0999. The molecule has 1 aliphatic carbocycles. The Morgan fingerprint density at radius 1 is 1.03 bits per heavy atom. The lowest BCUT2D eigenvalue weighted by Gasteiger charge is -2.22. The van der Waals surface area contributed by atoms with Crippen LogP contribution in [0, 0.1) is 0 Å². The van der Waals surface area contributed by atoms with E-state index in [0.717, 1.165) is 29.7 Å². The van der Waals surface area contributed by atoms with Crippen LogP contribution in [0.15, 0.2) is 48.9 Å². The molecule has 0 spiro atoms. The smallest absolute Gasteiger partial charge is 0.315 e. The maximum atomic E-state index is 12.2. The second kappa shape index (κ2) is 10.1. The Morgan fingerprint density at radius 3 is 2.68 bits per heavy atom. The van der Waals surface area contributed by atoms with Crippen LogP contribution in [-0.2, 0) is 4.79 Å². The van der Waals surface area contributed by atoms with Crippen LogP contribution in [-0.4, -0.2) is 39.1 Å². The number of para-hydroxylation sites is 2. The molecule has 31 heavy (non-hydrogen) atoms. The van der Waals surface area contributed by atoms with Gasteiger partial charge in [0.25, 0.3) is 0 Å². The van der Waals surface area contributed by atoms with Gasteiger partial charge < -0.3 is 16.0 Å². The normalized spacial score (nSPS) is 14.3. The van der Waals surface area contributed by atoms with Crippen LogP contribution in [0.1, 0.15) is 44.9 Å². The van der Waals surface area contributed by atoms with Gasteiger partial charge in [-0.25, -0.2) is 14.8 Å². The van der Waals surface area contributed by atoms with Crippen LogP contribution in [0.4, 0.5) is 10.5 Å². The van der Waals surface area contributed by atoms with E-state index < -0.39 is 0 Å². The number of amides is 3. The number of anilines is 1. The van der Waals surface area contributed by atoms with Gasteiger partial charge in [0.05, 0.1) is 22.9 Å². The summed E-state index contributed by atoms with van der Waals surface area (Å²) in [6, 6.07) is 11.7. The van der Waals surface area contributed by atoms with Crippen molar-refractivity contribution in [2.45, 2.75) is 51.0 Å². The summed E-state index contributed by atoms with van der Waals surface area (Å²) in [5, 5.41) is 8.70. The minimum Gasteiger partial charge on any atom is -0.338 e. The van der Waals surface area contributed by atoms with Crippen LogP contribution >= 0.6 is 0 Å². The highest BCUT2D eigenvalue weighted by atomic mass is 16.2. The first kappa shape index (κ1) is 20.8. The number of benzene rings is 1. The van der Waals surface area contributed by atoms with E-state index in [4.69, 9.17) is 0 Å². The van der Waals surface area contributed by atoms with E-state index in [-0.39, 0.29) is 18.0 Å². The summed E-state index contributed by atoms with van der Waals surface area (Å²) in [5.41, 5.74) is 2.52. The molecule has 1 fully saturated rings. The summed E-state index contributed by atoms with van der Waals surface area (Å²) in [7, 11) is 0. The van der Waals surface area contributed by atoms with Crippen molar-refractivity contribution in [3.8, 4) is 5.82 Å². The van der Waals surface area contributed by atoms with Crippen molar-refractivity contribution < 1.29 is 9.59 Å². The van der Waals surface area contributed by atoms with E-state index >= 15 is 0 Å². The number of nitrogens with one attached hydrogen (secondary N) is 3. The summed E-state index contributed by atoms with van der Waals surface area (Å²) in [6.07, 6.45) is 10.0. The molecule has 0 radical (unpaired) electrons. The summed E-state index contributed by atoms with van der Waals surface area (Å²) in [6.45, 7) is 0.469. The molecule has 0 atom stereocenters. The molecule has 4 rings (SSSR count). The summed E-state index contributed by atoms with van der Waals surface area (Å²) in [5.74, 6) is 0.636. The second-order valence-electron chi connectivity index (χ2n) is 7.90. The van der Waals surface area contributed by atoms with Crippen LogP contribution in [0.2, 0.25) is 0 Å². The van der Waals surface area contributed by atoms with Crippen LogP contribution in [0.5, 0.6) is 0 Å². The number of carbonyl (C=O) groups excluding carboxylic acids is 2. The molecule has 162 valence electrons. The molecule has 2 aromatic heterocycles. The number of carbonyl (C=O) groups is 2. The first-order valence-electron chi connectivity index (χ1n) is 10.9. The lowest BCUT2D eigenvalue weighted by Crippen LogP contribution is -2.43. The van der Waals surface area contributed by atoms with E-state index in [2.05, 4.69) is 25.9 Å². The fraction of sp³-hybridized carbons (Fsp3) is 0.391. The van der Waals surface area contributed by atoms with Crippen molar-refractivity contribution in [3.05, 3.63) is 48.9 Å². The van der Waals surface area contributed by atoms with E-state index in [1.54, 1.807) is 12.5 Å². The van der Waals surface area contributed by atoms with Crippen molar-refractivity contribution >= 4 is 28.7 Å². The molecule has 0 unspecified atom stereocenters. The van der Waals surface area contributed by atoms with Gasteiger partial charge in [-0.2, -0.15) is 0 Å². The third kappa shape index (κ3) is 5.59. The third-order valence-corrected chi connectivity index (χ3v) is 5.54. The van der Waals surface area contributed by atoms with Gasteiger partial charge in [0.2, 0.25) is 5.91 Å². The van der Waals surface area contributed by atoms with Gasteiger partial charge in [0.15, 0.2) is 0 Å². The lowest BCUT2D eigenvalue weighted by molar-refractivity contribution is -0.116. The Bertz CT molecular complexity index is 1020. The van der Waals surface area contributed by atoms with E-state index in [9.17, 15) is 9.59 Å². The van der Waals surface area contributed by atoms with Crippen molar-refractivity contribution in [2.75, 3.05) is 11.9 Å². The molecule has 0 aliphatic heterocycles. The van der Waals surface area contributed by atoms with Gasteiger partial charge >= 0.3 is 6.03 Å². The van der Waals surface area contributed by atoms with Gasteiger partial charge in [-0.15, -0.1) is 0 Å². The molecule has 2 heterocycles. The maximum absolute atomic E-state index is 12.2. The number of pyridine rings is 1. The van der Waals surface area contributed by atoms with Crippen molar-refractivity contribution in [2.24, 2.45) is 0 Å². The first-order valence-corrected chi connectivity index (χ1v) is 10.9. The quantitative estimate of drug-likeness (QED) is 0.507. The van der Waals surface area contributed by atoms with Gasteiger partial charge in [-0.1, -0.05) is 31.4 Å². The fourth-order valence-corrected chi connectivity index (χ4v) is 3.90. The summed E-state index contributed by atoms with van der Waals surface area (Å²) in [4.78, 5) is 32.9. The fourth-order valence-electron chi connectivity index (χ4n) is 3.90. The summed E-state index contributed by atoms with van der Waals surface area (Å²) < 4.78 is 1.91. The van der Waals surface area contributed by atoms with Gasteiger partial charge in [-0.3, -0.25) is 9.36 Å². The molecule has 0 bridgehead atoms. The highest BCUT2D eigenvalue weighted by Gasteiger charge is 2.15. The van der Waals surface area contributed by atoms with Gasteiger partial charge in [-0.05, 0) is 43.5 Å². The molecule has 1 aliphatic rings. The monoisotopic (exact) mass is 420 g/mol. The van der Waals surface area contributed by atoms with E-state index in [0.29, 0.717) is 25.1 Å². The van der Waals surface area contributed by atoms with Crippen LogP contribution < -0.4 is 16.0 Å². The lowest BCUT2D eigenvalue weighted by atomic mass is 9.96. The Kier molecular flexibility index (Phi) is 6.76. The summed E-state index contributed by atoms with van der Waals surface area (Å²) >= 11 is 0. The second-order valence-corrected chi connectivity index (χ2v) is 7.90. The molecular formula is C23H28N6O2. The van der Waals surface area contributed by atoms with E-state index in [1.807, 2.05) is 41.0 Å². The zero-order valence-electron chi connectivity index (χ0n) is 17.5. The Labute approximate surface area is 181 Å². The zero-order valence-corrected chi connectivity index (χ0v) is 17.5. The number of fused-ring (bicyclic) bond motifs is 1. The van der Waals surface area contributed by atoms with Crippen LogP contribution in [0.25, 0.3) is 16.9 Å². The molecule has 3 aromatic rings. The molecule has 1 aromatic carbocycles. The Balaban J connectivity index is 1.20. The number of rotatable bonds is 7. The molecule has 3 N–H and O–H groups in total. The Morgan fingerprint density at radius 2 is 1.87 bits per heavy atom. The van der Waals surface area contributed by atoms with Crippen molar-refractivity contribution in [1.29, 1.82) is 0 Å². The van der Waals surface area contributed by atoms with Gasteiger partial charge in [0, 0.05) is 19.0 Å². The highest BCUT2D eigenvalue weighted by molar-refractivity contribution is 5.90. The number of urea groups is 1. The molecule has 1 saturated carbocycles. The van der Waals surface area contributed by atoms with Gasteiger partial charge in [0.1, 0.15) is 12.1 Å². The predicted molar refractivity (Wildman–Crippen MR) is 120 cm³/mol. The zero-order chi connectivity index (χ0) is 21.5.